The quantitative estimate of drug-likeness (QED) is 0.437. The summed E-state index contributed by atoms with van der Waals surface area (Å²) in [5.74, 6) is 1.41. The molecule has 0 atom stereocenters. The van der Waals surface area contributed by atoms with Crippen LogP contribution in [0.1, 0.15) is 36.5 Å². The lowest BCUT2D eigenvalue weighted by Gasteiger charge is -2.29. The summed E-state index contributed by atoms with van der Waals surface area (Å²) in [5.41, 5.74) is 4.59. The summed E-state index contributed by atoms with van der Waals surface area (Å²) in [6.45, 7) is 7.00. The third-order valence-electron chi connectivity index (χ3n) is 5.77. The fourth-order valence-electron chi connectivity index (χ4n) is 3.84. The monoisotopic (exact) mass is 470 g/mol. The maximum Gasteiger partial charge on any atom is 0.265 e. The second-order valence-corrected chi connectivity index (χ2v) is 8.83. The van der Waals surface area contributed by atoms with Crippen molar-refractivity contribution in [1.82, 2.24) is 0 Å². The van der Waals surface area contributed by atoms with Gasteiger partial charge in [0.15, 0.2) is 6.61 Å². The van der Waals surface area contributed by atoms with Gasteiger partial charge in [0.05, 0.1) is 12.2 Å². The zero-order chi connectivity index (χ0) is 24.8. The Balaban J connectivity index is 1.37. The van der Waals surface area contributed by atoms with Crippen molar-refractivity contribution in [1.29, 1.82) is 0 Å². The van der Waals surface area contributed by atoms with Crippen LogP contribution in [0.15, 0.2) is 72.8 Å². The highest BCUT2D eigenvalue weighted by Gasteiger charge is 2.25. The van der Waals surface area contributed by atoms with E-state index in [-0.39, 0.29) is 18.4 Å². The Hall–Kier alpha value is -4.06. The summed E-state index contributed by atoms with van der Waals surface area (Å²) >= 11 is 0. The van der Waals surface area contributed by atoms with Crippen LogP contribution in [0.2, 0.25) is 0 Å². The van der Waals surface area contributed by atoms with Gasteiger partial charge in [0.2, 0.25) is 5.91 Å². The van der Waals surface area contributed by atoms with Crippen molar-refractivity contribution >= 4 is 29.3 Å². The number of hydrogen-bond donors (Lipinski definition) is 1. The van der Waals surface area contributed by atoms with E-state index in [0.29, 0.717) is 36.2 Å². The van der Waals surface area contributed by atoms with Crippen molar-refractivity contribution in [2.45, 2.75) is 26.7 Å². The van der Waals surface area contributed by atoms with Crippen molar-refractivity contribution in [2.75, 3.05) is 30.0 Å². The lowest BCUT2D eigenvalue weighted by Crippen LogP contribution is -2.41. The van der Waals surface area contributed by atoms with Gasteiger partial charge in [-0.05, 0) is 59.9 Å². The highest BCUT2D eigenvalue weighted by Crippen LogP contribution is 2.34. The van der Waals surface area contributed by atoms with E-state index < -0.39 is 0 Å². The van der Waals surface area contributed by atoms with Crippen LogP contribution < -0.4 is 19.7 Å². The number of nitrogens with one attached hydrogen (secondary N) is 1. The average Bonchev–Trinajstić information content (AvgIpc) is 2.84. The first-order chi connectivity index (χ1) is 16.9. The van der Waals surface area contributed by atoms with E-state index in [9.17, 15) is 9.59 Å². The van der Waals surface area contributed by atoms with Gasteiger partial charge in [0.25, 0.3) is 5.91 Å². The summed E-state index contributed by atoms with van der Waals surface area (Å²) in [5, 5.41) is 2.85. The van der Waals surface area contributed by atoms with Crippen LogP contribution in [0.5, 0.6) is 11.5 Å². The van der Waals surface area contributed by atoms with Gasteiger partial charge >= 0.3 is 0 Å². The number of nitrogens with zero attached hydrogens (tertiary/aromatic N) is 1. The third kappa shape index (κ3) is 6.29. The largest absolute Gasteiger partial charge is 0.492 e. The van der Waals surface area contributed by atoms with E-state index in [1.807, 2.05) is 43.3 Å². The molecule has 4 rings (SSSR count). The minimum atomic E-state index is -0.242. The summed E-state index contributed by atoms with van der Waals surface area (Å²) in [7, 11) is 0. The van der Waals surface area contributed by atoms with Gasteiger partial charge in [0.1, 0.15) is 18.1 Å². The van der Waals surface area contributed by atoms with Crippen molar-refractivity contribution in [2.24, 2.45) is 0 Å². The Labute approximate surface area is 206 Å². The molecule has 0 fully saturated rings. The van der Waals surface area contributed by atoms with E-state index in [1.54, 1.807) is 29.2 Å². The Kier molecular flexibility index (Phi) is 7.51. The number of ether oxygens (including phenoxy) is 2. The number of fused-ring (bicyclic) bond motifs is 1. The molecule has 0 spiro atoms. The van der Waals surface area contributed by atoms with Crippen LogP contribution in [0.4, 0.5) is 11.4 Å². The molecule has 1 heterocycles. The van der Waals surface area contributed by atoms with Gasteiger partial charge in [0, 0.05) is 17.8 Å². The first-order valence-corrected chi connectivity index (χ1v) is 11.7. The van der Waals surface area contributed by atoms with Gasteiger partial charge < -0.3 is 19.7 Å². The van der Waals surface area contributed by atoms with Crippen molar-refractivity contribution in [3.63, 3.8) is 0 Å². The standard InChI is InChI=1S/C29H30N2O4/c1-20(2)23-10-7-22(8-11-23)9-14-28(32)30-24-12-13-26-27(18-24)35-19-29(33)31(26)15-16-34-25-6-4-5-21(3)17-25/h4-14,17-18,20H,15-16,19H2,1-3H3,(H,30,32)/b14-9+. The van der Waals surface area contributed by atoms with Crippen LogP contribution in [-0.2, 0) is 9.59 Å². The summed E-state index contributed by atoms with van der Waals surface area (Å²) in [4.78, 5) is 26.5. The van der Waals surface area contributed by atoms with Gasteiger partial charge in [-0.2, -0.15) is 0 Å². The van der Waals surface area contributed by atoms with Gasteiger partial charge in [-0.3, -0.25) is 9.59 Å². The SMILES string of the molecule is Cc1cccc(OCCN2C(=O)COc3cc(NC(=O)/C=C/c4ccc(C(C)C)cc4)ccc32)c1. The lowest BCUT2D eigenvalue weighted by atomic mass is 10.0. The van der Waals surface area contributed by atoms with E-state index in [1.165, 1.54) is 11.6 Å². The van der Waals surface area contributed by atoms with Crippen molar-refractivity contribution < 1.29 is 19.1 Å². The molecule has 0 saturated carbocycles. The maximum atomic E-state index is 12.5. The van der Waals surface area contributed by atoms with E-state index in [4.69, 9.17) is 9.47 Å². The minimum Gasteiger partial charge on any atom is -0.492 e. The molecule has 180 valence electrons. The zero-order valence-electron chi connectivity index (χ0n) is 20.3. The molecule has 0 unspecified atom stereocenters. The number of anilines is 2. The molecular formula is C29H30N2O4. The highest BCUT2D eigenvalue weighted by molar-refractivity contribution is 6.03. The van der Waals surface area contributed by atoms with Crippen LogP contribution in [-0.4, -0.2) is 31.6 Å². The normalized spacial score (nSPS) is 13.0. The number of amides is 2. The molecule has 1 N–H and O–H groups in total. The number of hydrogen-bond acceptors (Lipinski definition) is 4. The predicted molar refractivity (Wildman–Crippen MR) is 139 cm³/mol. The molecule has 3 aromatic carbocycles. The molecule has 35 heavy (non-hydrogen) atoms. The third-order valence-corrected chi connectivity index (χ3v) is 5.77. The molecular weight excluding hydrogens is 440 g/mol. The fraction of sp³-hybridized carbons (Fsp3) is 0.241. The number of benzene rings is 3. The second kappa shape index (κ2) is 10.9. The van der Waals surface area contributed by atoms with Crippen LogP contribution in [0.25, 0.3) is 6.08 Å². The molecule has 6 heteroatoms. The van der Waals surface area contributed by atoms with Crippen molar-refractivity contribution in [3.05, 3.63) is 89.5 Å². The minimum absolute atomic E-state index is 0.0544. The van der Waals surface area contributed by atoms with Gasteiger partial charge in [-0.1, -0.05) is 50.2 Å². The zero-order valence-corrected chi connectivity index (χ0v) is 20.3. The molecule has 0 bridgehead atoms. The van der Waals surface area contributed by atoms with Gasteiger partial charge in [-0.25, -0.2) is 0 Å². The predicted octanol–water partition coefficient (Wildman–Crippen LogP) is 5.57. The second-order valence-electron chi connectivity index (χ2n) is 8.83. The fourth-order valence-corrected chi connectivity index (χ4v) is 3.84. The smallest absolute Gasteiger partial charge is 0.265 e. The number of carbonyl (C=O) groups excluding carboxylic acids is 2. The molecule has 3 aromatic rings. The topological polar surface area (TPSA) is 67.9 Å². The van der Waals surface area contributed by atoms with E-state index in [0.717, 1.165) is 16.9 Å². The first-order valence-electron chi connectivity index (χ1n) is 11.7. The highest BCUT2D eigenvalue weighted by atomic mass is 16.5. The van der Waals surface area contributed by atoms with Gasteiger partial charge in [-0.15, -0.1) is 0 Å². The molecule has 2 amide bonds. The Morgan fingerprint density at radius 2 is 1.91 bits per heavy atom. The Morgan fingerprint density at radius 1 is 1.11 bits per heavy atom. The maximum absolute atomic E-state index is 12.5. The van der Waals surface area contributed by atoms with E-state index >= 15 is 0 Å². The molecule has 6 nitrogen and oxygen atoms in total. The van der Waals surface area contributed by atoms with Crippen LogP contribution >= 0.6 is 0 Å². The van der Waals surface area contributed by atoms with E-state index in [2.05, 4.69) is 31.3 Å². The Bertz CT molecular complexity index is 1230. The molecule has 0 saturated heterocycles. The molecule has 0 radical (unpaired) electrons. The number of carbonyl (C=O) groups is 2. The van der Waals surface area contributed by atoms with Crippen LogP contribution in [0.3, 0.4) is 0 Å². The summed E-state index contributed by atoms with van der Waals surface area (Å²) < 4.78 is 11.4. The molecule has 0 aromatic heterocycles. The Morgan fingerprint density at radius 3 is 2.66 bits per heavy atom. The average molecular weight is 471 g/mol. The first kappa shape index (κ1) is 24.1. The molecule has 0 aliphatic carbocycles. The number of aryl methyl sites for hydroxylation is 1. The van der Waals surface area contributed by atoms with Crippen LogP contribution in [0, 0.1) is 6.92 Å². The lowest BCUT2D eigenvalue weighted by molar-refractivity contribution is -0.121. The molecule has 1 aliphatic rings. The number of rotatable bonds is 8. The summed E-state index contributed by atoms with van der Waals surface area (Å²) in [6, 6.07) is 21.2. The summed E-state index contributed by atoms with van der Waals surface area (Å²) in [6.07, 6.45) is 3.28. The van der Waals surface area contributed by atoms with Crippen molar-refractivity contribution in [3.8, 4) is 11.5 Å². The molecule has 1 aliphatic heterocycles.